The van der Waals surface area contributed by atoms with Gasteiger partial charge in [-0.15, -0.1) is 0 Å². The maximum absolute atomic E-state index is 13.7. The lowest BCUT2D eigenvalue weighted by atomic mass is 9.97. The van der Waals surface area contributed by atoms with Crippen molar-refractivity contribution in [3.05, 3.63) is 54.6 Å². The maximum atomic E-state index is 13.7. The van der Waals surface area contributed by atoms with E-state index in [1.165, 1.54) is 16.8 Å². The first-order valence-electron chi connectivity index (χ1n) is 10.8. The first-order valence-corrected chi connectivity index (χ1v) is 12.6. The van der Waals surface area contributed by atoms with E-state index < -0.39 is 34.1 Å². The minimum absolute atomic E-state index is 0.0301. The van der Waals surface area contributed by atoms with Crippen LogP contribution in [0.5, 0.6) is 0 Å². The van der Waals surface area contributed by atoms with Crippen molar-refractivity contribution < 1.29 is 21.6 Å². The number of nitrogens with zero attached hydrogens (tertiary/aromatic N) is 5. The van der Waals surface area contributed by atoms with E-state index in [1.54, 1.807) is 24.7 Å². The number of pyridine rings is 2. The molecule has 1 aliphatic rings. The molecule has 12 heteroatoms. The molecule has 1 unspecified atom stereocenters. The summed E-state index contributed by atoms with van der Waals surface area (Å²) < 4.78 is 66.8. The largest absolute Gasteiger partial charge is 0.395 e. The second-order valence-corrected chi connectivity index (χ2v) is 10.8. The molecule has 0 spiro atoms. The van der Waals surface area contributed by atoms with Gasteiger partial charge in [-0.05, 0) is 48.9 Å². The molecule has 1 saturated carbocycles. The van der Waals surface area contributed by atoms with Crippen molar-refractivity contribution in [2.75, 3.05) is 11.5 Å². The Morgan fingerprint density at radius 1 is 1.15 bits per heavy atom. The number of nitrogens with one attached hydrogen (secondary N) is 1. The summed E-state index contributed by atoms with van der Waals surface area (Å²) in [5.41, 5.74) is 1.92. The number of fused-ring (bicyclic) bond motifs is 1. The zero-order valence-corrected chi connectivity index (χ0v) is 18.7. The van der Waals surface area contributed by atoms with Crippen LogP contribution in [0, 0.1) is 5.92 Å². The highest BCUT2D eigenvalue weighted by Crippen LogP contribution is 2.38. The molecular formula is C22H21F3N6O2S. The van der Waals surface area contributed by atoms with Crippen LogP contribution in [0.4, 0.5) is 13.2 Å². The number of hydrogen-bond donors (Lipinski definition) is 1. The van der Waals surface area contributed by atoms with Crippen molar-refractivity contribution in [3.8, 4) is 17.2 Å². The third-order valence-electron chi connectivity index (χ3n) is 5.82. The number of alkyl halides is 3. The van der Waals surface area contributed by atoms with Crippen LogP contribution in [0.3, 0.4) is 0 Å². The van der Waals surface area contributed by atoms with E-state index >= 15 is 0 Å². The van der Waals surface area contributed by atoms with E-state index in [9.17, 15) is 21.6 Å². The third kappa shape index (κ3) is 4.96. The van der Waals surface area contributed by atoms with Crippen LogP contribution in [0.15, 0.2) is 49.1 Å². The predicted molar refractivity (Wildman–Crippen MR) is 119 cm³/mol. The molecule has 0 aromatic carbocycles. The van der Waals surface area contributed by atoms with Crippen molar-refractivity contribution in [1.29, 1.82) is 0 Å². The number of hydrogen-bond acceptors (Lipinski definition) is 6. The molecule has 8 nitrogen and oxygen atoms in total. The number of halogens is 3. The smallest absolute Gasteiger partial charge is 0.336 e. The second kappa shape index (κ2) is 8.49. The molecule has 0 bridgehead atoms. The van der Waals surface area contributed by atoms with Crippen LogP contribution in [-0.4, -0.2) is 55.8 Å². The van der Waals surface area contributed by atoms with Crippen LogP contribution < -0.4 is 0 Å². The molecule has 4 aromatic rings. The Kier molecular flexibility index (Phi) is 5.62. The van der Waals surface area contributed by atoms with Gasteiger partial charge in [0.05, 0.1) is 34.7 Å². The summed E-state index contributed by atoms with van der Waals surface area (Å²) in [6.07, 6.45) is 2.55. The SMILES string of the molecule is O=S(=O)(CCC(c1ccc(-n2cc(-c3nc4ncccc4[nH]3)cn2)nc1)C(F)(F)F)CC1CC1. The van der Waals surface area contributed by atoms with E-state index in [0.29, 0.717) is 22.9 Å². The molecule has 0 saturated heterocycles. The molecule has 5 rings (SSSR count). The molecule has 4 aromatic heterocycles. The number of imidazole rings is 1. The zero-order valence-electron chi connectivity index (χ0n) is 17.9. The van der Waals surface area contributed by atoms with Crippen molar-refractivity contribution in [2.24, 2.45) is 5.92 Å². The minimum Gasteiger partial charge on any atom is -0.336 e. The van der Waals surface area contributed by atoms with Crippen molar-refractivity contribution >= 4 is 21.0 Å². The molecule has 0 amide bonds. The number of aromatic amines is 1. The Balaban J connectivity index is 1.33. The first-order chi connectivity index (χ1) is 16.2. The summed E-state index contributed by atoms with van der Waals surface area (Å²) in [4.78, 5) is 15.9. The minimum atomic E-state index is -4.58. The summed E-state index contributed by atoms with van der Waals surface area (Å²) in [6.45, 7) is 0. The average molecular weight is 491 g/mol. The van der Waals surface area contributed by atoms with E-state index in [1.807, 2.05) is 6.07 Å². The zero-order chi connectivity index (χ0) is 23.9. The lowest BCUT2D eigenvalue weighted by Gasteiger charge is -2.20. The van der Waals surface area contributed by atoms with Gasteiger partial charge in [0.2, 0.25) is 0 Å². The molecule has 1 aliphatic carbocycles. The molecule has 1 atom stereocenters. The Morgan fingerprint density at radius 2 is 1.97 bits per heavy atom. The summed E-state index contributed by atoms with van der Waals surface area (Å²) in [7, 11) is -3.51. The topological polar surface area (TPSA) is 106 Å². The van der Waals surface area contributed by atoms with Gasteiger partial charge in [-0.1, -0.05) is 6.07 Å². The number of rotatable bonds is 8. The van der Waals surface area contributed by atoms with Crippen LogP contribution in [0.1, 0.15) is 30.7 Å². The molecule has 34 heavy (non-hydrogen) atoms. The Labute approximate surface area is 193 Å². The fourth-order valence-electron chi connectivity index (χ4n) is 3.83. The third-order valence-corrected chi connectivity index (χ3v) is 7.66. The summed E-state index contributed by atoms with van der Waals surface area (Å²) in [5.74, 6) is -1.45. The van der Waals surface area contributed by atoms with Gasteiger partial charge >= 0.3 is 6.18 Å². The van der Waals surface area contributed by atoms with E-state index in [4.69, 9.17) is 0 Å². The molecule has 1 N–H and O–H groups in total. The Morgan fingerprint density at radius 3 is 2.65 bits per heavy atom. The van der Waals surface area contributed by atoms with Crippen molar-refractivity contribution in [3.63, 3.8) is 0 Å². The van der Waals surface area contributed by atoms with Gasteiger partial charge in [-0.3, -0.25) is 0 Å². The fraction of sp³-hybridized carbons (Fsp3) is 0.364. The second-order valence-electron chi connectivity index (χ2n) is 8.52. The van der Waals surface area contributed by atoms with E-state index in [2.05, 4.69) is 25.0 Å². The van der Waals surface area contributed by atoms with Gasteiger partial charge in [0.15, 0.2) is 21.3 Å². The Bertz CT molecular complexity index is 1380. The monoisotopic (exact) mass is 490 g/mol. The molecule has 4 heterocycles. The van der Waals surface area contributed by atoms with Crippen LogP contribution in [0.2, 0.25) is 0 Å². The van der Waals surface area contributed by atoms with Gasteiger partial charge < -0.3 is 4.98 Å². The van der Waals surface area contributed by atoms with Gasteiger partial charge in [0.1, 0.15) is 5.82 Å². The normalized spacial score (nSPS) is 15.6. The summed E-state index contributed by atoms with van der Waals surface area (Å²) >= 11 is 0. The highest BCUT2D eigenvalue weighted by molar-refractivity contribution is 7.91. The molecule has 1 fully saturated rings. The predicted octanol–water partition coefficient (Wildman–Crippen LogP) is 4.07. The lowest BCUT2D eigenvalue weighted by molar-refractivity contribution is -0.150. The maximum Gasteiger partial charge on any atom is 0.395 e. The number of sulfone groups is 1. The van der Waals surface area contributed by atoms with Gasteiger partial charge in [0, 0.05) is 18.6 Å². The van der Waals surface area contributed by atoms with Gasteiger partial charge in [-0.25, -0.2) is 28.1 Å². The summed E-state index contributed by atoms with van der Waals surface area (Å²) in [6, 6.07) is 6.39. The van der Waals surface area contributed by atoms with Crippen molar-refractivity contribution in [2.45, 2.75) is 31.4 Å². The lowest BCUT2D eigenvalue weighted by Crippen LogP contribution is -2.25. The molecule has 0 radical (unpaired) electrons. The van der Waals surface area contributed by atoms with Crippen LogP contribution in [-0.2, 0) is 9.84 Å². The number of H-pyrrole nitrogens is 1. The van der Waals surface area contributed by atoms with E-state index in [0.717, 1.165) is 24.6 Å². The first kappa shape index (κ1) is 22.5. The molecule has 178 valence electrons. The van der Waals surface area contributed by atoms with Crippen molar-refractivity contribution in [1.82, 2.24) is 29.7 Å². The molecule has 0 aliphatic heterocycles. The quantitative estimate of drug-likeness (QED) is 0.399. The highest BCUT2D eigenvalue weighted by Gasteiger charge is 2.41. The number of aromatic nitrogens is 6. The molecular weight excluding hydrogens is 469 g/mol. The Hall–Kier alpha value is -3.28. The van der Waals surface area contributed by atoms with Gasteiger partial charge in [0.25, 0.3) is 0 Å². The highest BCUT2D eigenvalue weighted by atomic mass is 32.2. The van der Waals surface area contributed by atoms with Crippen LogP contribution >= 0.6 is 0 Å². The standard InChI is InChI=1S/C22H21F3N6O2S/c23-22(24,25)17(7-9-34(32,33)13-14-3-4-14)15-5-6-19(27-10-15)31-12-16(11-28-31)20-29-18-2-1-8-26-21(18)30-20/h1-2,5-6,8,10-12,14,17H,3-4,7,9,13H2,(H,26,29,30). The average Bonchev–Trinajstić information content (AvgIpc) is 3.28. The van der Waals surface area contributed by atoms with Gasteiger partial charge in [-0.2, -0.15) is 18.3 Å². The summed E-state index contributed by atoms with van der Waals surface area (Å²) in [5, 5.41) is 4.23. The fourth-order valence-corrected chi connectivity index (χ4v) is 5.65. The van der Waals surface area contributed by atoms with E-state index in [-0.39, 0.29) is 17.2 Å². The van der Waals surface area contributed by atoms with Crippen LogP contribution in [0.25, 0.3) is 28.4 Å².